The monoisotopic (exact) mass is 214 g/mol. The lowest BCUT2D eigenvalue weighted by atomic mass is 9.99. The third kappa shape index (κ3) is 4.62. The van der Waals surface area contributed by atoms with Crippen LogP contribution in [0.1, 0.15) is 19.8 Å². The number of rotatable bonds is 5. The minimum Gasteiger partial charge on any atom is -0.372 e. The molecule has 88 valence electrons. The van der Waals surface area contributed by atoms with Gasteiger partial charge in [0.15, 0.2) is 0 Å². The van der Waals surface area contributed by atoms with Crippen LogP contribution >= 0.6 is 0 Å². The molecule has 0 radical (unpaired) electrons. The lowest BCUT2D eigenvalue weighted by Gasteiger charge is -2.27. The molecule has 4 nitrogen and oxygen atoms in total. The largest absolute Gasteiger partial charge is 0.372 e. The molecule has 0 aromatic rings. The van der Waals surface area contributed by atoms with Crippen molar-refractivity contribution in [2.45, 2.75) is 19.8 Å². The lowest BCUT2D eigenvalue weighted by molar-refractivity contribution is -0.135. The fraction of sp³-hybridized carbons (Fsp3) is 0.909. The van der Waals surface area contributed by atoms with Crippen LogP contribution in [0.2, 0.25) is 0 Å². The highest BCUT2D eigenvalue weighted by atomic mass is 16.5. The second-order valence-corrected chi connectivity index (χ2v) is 4.12. The van der Waals surface area contributed by atoms with Crippen molar-refractivity contribution in [1.29, 1.82) is 0 Å². The van der Waals surface area contributed by atoms with Gasteiger partial charge in [0.2, 0.25) is 5.91 Å². The number of nitrogens with zero attached hydrogens (tertiary/aromatic N) is 1. The molecule has 1 aliphatic rings. The minimum absolute atomic E-state index is 0.0856. The van der Waals surface area contributed by atoms with Gasteiger partial charge in [0, 0.05) is 20.2 Å². The number of carbonyl (C=O) groups excluding carboxylic acids is 1. The molecule has 1 unspecified atom stereocenters. The zero-order valence-electron chi connectivity index (χ0n) is 9.79. The first-order chi connectivity index (χ1) is 7.24. The van der Waals surface area contributed by atoms with Crippen molar-refractivity contribution in [2.75, 3.05) is 39.9 Å². The van der Waals surface area contributed by atoms with E-state index in [9.17, 15) is 4.79 Å². The van der Waals surface area contributed by atoms with Crippen LogP contribution in [-0.2, 0) is 9.53 Å². The highest BCUT2D eigenvalue weighted by molar-refractivity contribution is 5.77. The molecule has 0 spiro atoms. The zero-order chi connectivity index (χ0) is 11.1. The molecule has 0 aromatic carbocycles. The maximum absolute atomic E-state index is 11.6. The summed E-state index contributed by atoms with van der Waals surface area (Å²) < 4.78 is 5.10. The Bertz CT molecular complexity index is 191. The highest BCUT2D eigenvalue weighted by Gasteiger charge is 2.17. The van der Waals surface area contributed by atoms with Crippen molar-refractivity contribution < 1.29 is 9.53 Å². The van der Waals surface area contributed by atoms with E-state index in [1.807, 2.05) is 14.0 Å². The number of ether oxygens (including phenoxy) is 1. The molecule has 1 rings (SSSR count). The first-order valence-electron chi connectivity index (χ1n) is 5.76. The predicted octanol–water partition coefficient (Wildman–Crippen LogP) is 0.481. The summed E-state index contributed by atoms with van der Waals surface area (Å²) in [6, 6.07) is 0. The summed E-state index contributed by atoms with van der Waals surface area (Å²) in [6.07, 6.45) is 2.44. The Morgan fingerprint density at radius 3 is 3.00 bits per heavy atom. The summed E-state index contributed by atoms with van der Waals surface area (Å²) in [5.41, 5.74) is 0. The van der Waals surface area contributed by atoms with Gasteiger partial charge in [-0.05, 0) is 38.8 Å². The number of carbonyl (C=O) groups is 1. The molecule has 1 N–H and O–H groups in total. The molecular formula is C11H22N2O2. The molecule has 1 atom stereocenters. The van der Waals surface area contributed by atoms with Crippen molar-refractivity contribution in [1.82, 2.24) is 10.2 Å². The number of likely N-dealkylation sites (N-methyl/N-ethyl adjacent to an activating group) is 1. The predicted molar refractivity (Wildman–Crippen MR) is 59.7 cm³/mol. The van der Waals surface area contributed by atoms with Crippen molar-refractivity contribution >= 4 is 5.91 Å². The fourth-order valence-electron chi connectivity index (χ4n) is 1.87. The van der Waals surface area contributed by atoms with Gasteiger partial charge in [-0.3, -0.25) is 4.79 Å². The Morgan fingerprint density at radius 2 is 2.40 bits per heavy atom. The van der Waals surface area contributed by atoms with Crippen molar-refractivity contribution in [3.05, 3.63) is 0 Å². The van der Waals surface area contributed by atoms with Crippen molar-refractivity contribution in [2.24, 2.45) is 5.92 Å². The molecule has 1 heterocycles. The maximum atomic E-state index is 11.6. The first kappa shape index (κ1) is 12.5. The van der Waals surface area contributed by atoms with E-state index in [1.165, 1.54) is 12.8 Å². The van der Waals surface area contributed by atoms with Crippen molar-refractivity contribution in [3.8, 4) is 0 Å². The van der Waals surface area contributed by atoms with Crippen LogP contribution in [0.4, 0.5) is 0 Å². The van der Waals surface area contributed by atoms with E-state index in [4.69, 9.17) is 4.74 Å². The van der Waals surface area contributed by atoms with Crippen LogP contribution in [0.25, 0.3) is 0 Å². The van der Waals surface area contributed by atoms with Gasteiger partial charge in [-0.2, -0.15) is 0 Å². The average Bonchev–Trinajstić information content (AvgIpc) is 2.27. The standard InChI is InChI=1S/C11H22N2O2/c1-3-15-9-11(14)13(2)8-10-5-4-6-12-7-10/h10,12H,3-9H2,1-2H3. The van der Waals surface area contributed by atoms with Crippen molar-refractivity contribution in [3.63, 3.8) is 0 Å². The van der Waals surface area contributed by atoms with Crippen LogP contribution in [0.15, 0.2) is 0 Å². The molecule has 0 saturated carbocycles. The minimum atomic E-state index is 0.0856. The third-order valence-corrected chi connectivity index (χ3v) is 2.79. The van der Waals surface area contributed by atoms with E-state index >= 15 is 0 Å². The van der Waals surface area contributed by atoms with E-state index in [0.717, 1.165) is 19.6 Å². The van der Waals surface area contributed by atoms with Gasteiger partial charge in [-0.1, -0.05) is 0 Å². The topological polar surface area (TPSA) is 41.6 Å². The molecule has 4 heteroatoms. The van der Waals surface area contributed by atoms with Gasteiger partial charge >= 0.3 is 0 Å². The summed E-state index contributed by atoms with van der Waals surface area (Å²) in [7, 11) is 1.86. The van der Waals surface area contributed by atoms with E-state index in [2.05, 4.69) is 5.32 Å². The Hall–Kier alpha value is -0.610. The molecule has 1 saturated heterocycles. The van der Waals surface area contributed by atoms with Gasteiger partial charge in [-0.25, -0.2) is 0 Å². The number of hydrogen-bond acceptors (Lipinski definition) is 3. The normalized spacial score (nSPS) is 21.3. The molecular weight excluding hydrogens is 192 g/mol. The maximum Gasteiger partial charge on any atom is 0.248 e. The lowest BCUT2D eigenvalue weighted by Crippen LogP contribution is -2.40. The van der Waals surface area contributed by atoms with Gasteiger partial charge in [0.05, 0.1) is 0 Å². The number of amides is 1. The fourth-order valence-corrected chi connectivity index (χ4v) is 1.87. The van der Waals surface area contributed by atoms with Crippen LogP contribution in [-0.4, -0.2) is 50.7 Å². The van der Waals surface area contributed by atoms with E-state index in [1.54, 1.807) is 4.90 Å². The summed E-state index contributed by atoms with van der Waals surface area (Å²) in [6.45, 7) is 5.72. The van der Waals surface area contributed by atoms with Gasteiger partial charge in [0.1, 0.15) is 6.61 Å². The molecule has 1 aliphatic heterocycles. The van der Waals surface area contributed by atoms with Gasteiger partial charge in [-0.15, -0.1) is 0 Å². The van der Waals surface area contributed by atoms with Crippen LogP contribution in [0.3, 0.4) is 0 Å². The molecule has 15 heavy (non-hydrogen) atoms. The Kier molecular flexibility index (Phi) is 5.65. The van der Waals surface area contributed by atoms with Crippen LogP contribution in [0, 0.1) is 5.92 Å². The molecule has 1 fully saturated rings. The summed E-state index contributed by atoms with van der Waals surface area (Å²) in [5, 5.41) is 3.35. The van der Waals surface area contributed by atoms with E-state index in [0.29, 0.717) is 12.5 Å². The Labute approximate surface area is 92.0 Å². The summed E-state index contributed by atoms with van der Waals surface area (Å²) in [4.78, 5) is 13.3. The molecule has 0 aliphatic carbocycles. The quantitative estimate of drug-likeness (QED) is 0.724. The summed E-state index contributed by atoms with van der Waals surface area (Å²) in [5.74, 6) is 0.691. The second kappa shape index (κ2) is 6.80. The smallest absolute Gasteiger partial charge is 0.248 e. The van der Waals surface area contributed by atoms with Gasteiger partial charge < -0.3 is 15.0 Å². The number of nitrogens with one attached hydrogen (secondary N) is 1. The Morgan fingerprint density at radius 1 is 1.60 bits per heavy atom. The van der Waals surface area contributed by atoms with Crippen LogP contribution in [0.5, 0.6) is 0 Å². The Balaban J connectivity index is 2.20. The number of hydrogen-bond donors (Lipinski definition) is 1. The average molecular weight is 214 g/mol. The molecule has 1 amide bonds. The SMILES string of the molecule is CCOCC(=O)N(C)CC1CCCNC1. The highest BCUT2D eigenvalue weighted by Crippen LogP contribution is 2.10. The number of piperidine rings is 1. The molecule has 0 aromatic heterocycles. The summed E-state index contributed by atoms with van der Waals surface area (Å²) >= 11 is 0. The van der Waals surface area contributed by atoms with Crippen LogP contribution < -0.4 is 5.32 Å². The third-order valence-electron chi connectivity index (χ3n) is 2.79. The zero-order valence-corrected chi connectivity index (χ0v) is 9.79. The van der Waals surface area contributed by atoms with E-state index < -0.39 is 0 Å². The van der Waals surface area contributed by atoms with Gasteiger partial charge in [0.25, 0.3) is 0 Å². The first-order valence-corrected chi connectivity index (χ1v) is 5.76. The van der Waals surface area contributed by atoms with E-state index in [-0.39, 0.29) is 12.5 Å². The second-order valence-electron chi connectivity index (χ2n) is 4.12. The molecule has 0 bridgehead atoms.